The zero-order valence-electron chi connectivity index (χ0n) is 12.6. The predicted octanol–water partition coefficient (Wildman–Crippen LogP) is -0.321. The summed E-state index contributed by atoms with van der Waals surface area (Å²) in [7, 11) is 1.52. The molecule has 8 nitrogen and oxygen atoms in total. The largest absolute Gasteiger partial charge is 0.346 e. The fourth-order valence-electron chi connectivity index (χ4n) is 2.65. The zero-order chi connectivity index (χ0) is 15.7. The van der Waals surface area contributed by atoms with Gasteiger partial charge < -0.3 is 9.88 Å². The van der Waals surface area contributed by atoms with Crippen LogP contribution in [0.5, 0.6) is 0 Å². The Bertz CT molecular complexity index is 749. The monoisotopic (exact) mass is 302 g/mol. The third-order valence-corrected chi connectivity index (χ3v) is 3.87. The van der Waals surface area contributed by atoms with E-state index in [1.165, 1.54) is 19.2 Å². The van der Waals surface area contributed by atoms with Crippen molar-refractivity contribution in [3.05, 3.63) is 39.8 Å². The first kappa shape index (κ1) is 14.4. The van der Waals surface area contributed by atoms with Gasteiger partial charge in [-0.2, -0.15) is 5.10 Å². The number of nitrogens with one attached hydrogen (secondary N) is 1. The molecule has 1 atom stereocenters. The minimum absolute atomic E-state index is 0.0142. The van der Waals surface area contributed by atoms with Crippen molar-refractivity contribution in [1.82, 2.24) is 29.9 Å². The van der Waals surface area contributed by atoms with Gasteiger partial charge in [-0.3, -0.25) is 9.59 Å². The summed E-state index contributed by atoms with van der Waals surface area (Å²) >= 11 is 0. The van der Waals surface area contributed by atoms with Gasteiger partial charge in [0.25, 0.3) is 11.5 Å². The second-order valence-corrected chi connectivity index (χ2v) is 5.39. The summed E-state index contributed by atoms with van der Waals surface area (Å²) in [5, 5.41) is 15.3. The van der Waals surface area contributed by atoms with E-state index in [-0.39, 0.29) is 23.2 Å². The normalized spacial score (nSPS) is 17.1. The van der Waals surface area contributed by atoms with Crippen molar-refractivity contribution >= 4 is 5.91 Å². The first-order valence-corrected chi connectivity index (χ1v) is 7.34. The van der Waals surface area contributed by atoms with Gasteiger partial charge in [0.1, 0.15) is 17.3 Å². The highest BCUT2D eigenvalue weighted by Gasteiger charge is 2.24. The van der Waals surface area contributed by atoms with Crippen molar-refractivity contribution < 1.29 is 4.79 Å². The van der Waals surface area contributed by atoms with Gasteiger partial charge in [-0.05, 0) is 12.5 Å². The van der Waals surface area contributed by atoms with Crippen LogP contribution < -0.4 is 10.9 Å². The summed E-state index contributed by atoms with van der Waals surface area (Å²) in [5.41, 5.74) is 0.00306. The standard InChI is InChI=1S/C14H18N6O2/c1-3-11-16-17-12-6-4-9(8-20(11)12)15-14(22)10-5-7-13(21)19(2)18-10/h5,7,9H,3-4,6,8H2,1-2H3,(H,15,22)/t9-/m0/s1. The Hall–Kier alpha value is -2.51. The van der Waals surface area contributed by atoms with Gasteiger partial charge in [0, 0.05) is 38.5 Å². The van der Waals surface area contributed by atoms with Crippen LogP contribution in [-0.2, 0) is 26.4 Å². The van der Waals surface area contributed by atoms with Crippen LogP contribution in [0, 0.1) is 0 Å². The van der Waals surface area contributed by atoms with E-state index in [2.05, 4.69) is 25.2 Å². The number of carbonyl (C=O) groups excluding carboxylic acids is 1. The first-order chi connectivity index (χ1) is 10.6. The molecule has 116 valence electrons. The number of fused-ring (bicyclic) bond motifs is 1. The molecule has 3 heterocycles. The number of aromatic nitrogens is 5. The summed E-state index contributed by atoms with van der Waals surface area (Å²) < 4.78 is 3.23. The first-order valence-electron chi connectivity index (χ1n) is 7.34. The summed E-state index contributed by atoms with van der Waals surface area (Å²) in [6.45, 7) is 2.71. The molecule has 1 N–H and O–H groups in total. The molecule has 0 aromatic carbocycles. The minimum Gasteiger partial charge on any atom is -0.346 e. The molecule has 2 aromatic heterocycles. The minimum atomic E-state index is -0.268. The zero-order valence-corrected chi connectivity index (χ0v) is 12.6. The molecule has 0 saturated heterocycles. The predicted molar refractivity (Wildman–Crippen MR) is 78.5 cm³/mol. The van der Waals surface area contributed by atoms with Crippen molar-refractivity contribution in [2.75, 3.05) is 0 Å². The van der Waals surface area contributed by atoms with E-state index >= 15 is 0 Å². The van der Waals surface area contributed by atoms with Gasteiger partial charge in [0.15, 0.2) is 0 Å². The average molecular weight is 302 g/mol. The van der Waals surface area contributed by atoms with Crippen LogP contribution in [-0.4, -0.2) is 36.5 Å². The van der Waals surface area contributed by atoms with E-state index in [1.54, 1.807) is 0 Å². The lowest BCUT2D eigenvalue weighted by Gasteiger charge is -2.25. The molecule has 0 spiro atoms. The van der Waals surface area contributed by atoms with E-state index in [4.69, 9.17) is 0 Å². The second-order valence-electron chi connectivity index (χ2n) is 5.39. The second kappa shape index (κ2) is 5.70. The van der Waals surface area contributed by atoms with Gasteiger partial charge in [0.05, 0.1) is 0 Å². The van der Waals surface area contributed by atoms with Crippen molar-refractivity contribution in [3.63, 3.8) is 0 Å². The van der Waals surface area contributed by atoms with E-state index in [0.29, 0.717) is 6.54 Å². The molecule has 8 heteroatoms. The molecule has 22 heavy (non-hydrogen) atoms. The SMILES string of the molecule is CCc1nnc2n1C[C@@H](NC(=O)c1ccc(=O)n(C)n1)CC2. The van der Waals surface area contributed by atoms with Gasteiger partial charge in [0.2, 0.25) is 0 Å². The van der Waals surface area contributed by atoms with Crippen LogP contribution in [0.25, 0.3) is 0 Å². The summed E-state index contributed by atoms with van der Waals surface area (Å²) in [6, 6.07) is 2.80. The van der Waals surface area contributed by atoms with E-state index in [0.717, 1.165) is 35.6 Å². The number of amides is 1. The Labute approximate surface area is 127 Å². The summed E-state index contributed by atoms with van der Waals surface area (Å²) in [4.78, 5) is 23.6. The number of hydrogen-bond acceptors (Lipinski definition) is 5. The van der Waals surface area contributed by atoms with E-state index < -0.39 is 0 Å². The van der Waals surface area contributed by atoms with Crippen LogP contribution in [0.2, 0.25) is 0 Å². The highest BCUT2D eigenvalue weighted by Crippen LogP contribution is 2.15. The van der Waals surface area contributed by atoms with Crippen molar-refractivity contribution in [2.45, 2.75) is 38.8 Å². The molecule has 0 fully saturated rings. The molecule has 0 radical (unpaired) electrons. The fraction of sp³-hybridized carbons (Fsp3) is 0.500. The quantitative estimate of drug-likeness (QED) is 0.838. The molecule has 0 aliphatic carbocycles. The van der Waals surface area contributed by atoms with Crippen molar-refractivity contribution in [3.8, 4) is 0 Å². The topological polar surface area (TPSA) is 94.7 Å². The number of nitrogens with zero attached hydrogens (tertiary/aromatic N) is 5. The number of rotatable bonds is 3. The molecular formula is C14H18N6O2. The van der Waals surface area contributed by atoms with Gasteiger partial charge in [-0.25, -0.2) is 4.68 Å². The Kier molecular flexibility index (Phi) is 3.74. The van der Waals surface area contributed by atoms with Gasteiger partial charge in [-0.15, -0.1) is 10.2 Å². The van der Waals surface area contributed by atoms with Crippen LogP contribution in [0.15, 0.2) is 16.9 Å². The Morgan fingerprint density at radius 3 is 2.95 bits per heavy atom. The molecule has 1 aliphatic rings. The van der Waals surface area contributed by atoms with Gasteiger partial charge in [-0.1, -0.05) is 6.92 Å². The van der Waals surface area contributed by atoms with Gasteiger partial charge >= 0.3 is 0 Å². The Morgan fingerprint density at radius 2 is 2.23 bits per heavy atom. The van der Waals surface area contributed by atoms with E-state index in [9.17, 15) is 9.59 Å². The average Bonchev–Trinajstić information content (AvgIpc) is 2.92. The lowest BCUT2D eigenvalue weighted by Crippen LogP contribution is -2.42. The lowest BCUT2D eigenvalue weighted by atomic mass is 10.1. The maximum atomic E-state index is 12.3. The van der Waals surface area contributed by atoms with Crippen molar-refractivity contribution in [1.29, 1.82) is 0 Å². The molecule has 1 amide bonds. The maximum Gasteiger partial charge on any atom is 0.272 e. The molecule has 3 rings (SSSR count). The molecule has 1 aliphatic heterocycles. The third kappa shape index (κ3) is 2.63. The Balaban J connectivity index is 1.72. The highest BCUT2D eigenvalue weighted by atomic mass is 16.2. The molecular weight excluding hydrogens is 284 g/mol. The third-order valence-electron chi connectivity index (χ3n) is 3.87. The van der Waals surface area contributed by atoms with Crippen LogP contribution in [0.1, 0.15) is 35.5 Å². The van der Waals surface area contributed by atoms with Crippen LogP contribution >= 0.6 is 0 Å². The van der Waals surface area contributed by atoms with Crippen LogP contribution in [0.4, 0.5) is 0 Å². The molecule has 0 unspecified atom stereocenters. The number of hydrogen-bond donors (Lipinski definition) is 1. The number of carbonyl (C=O) groups is 1. The highest BCUT2D eigenvalue weighted by molar-refractivity contribution is 5.92. The molecule has 2 aromatic rings. The van der Waals surface area contributed by atoms with Crippen LogP contribution in [0.3, 0.4) is 0 Å². The summed E-state index contributed by atoms with van der Waals surface area (Å²) in [5.74, 6) is 1.65. The smallest absolute Gasteiger partial charge is 0.272 e. The Morgan fingerprint density at radius 1 is 1.41 bits per heavy atom. The molecule has 0 saturated carbocycles. The fourth-order valence-corrected chi connectivity index (χ4v) is 2.65. The maximum absolute atomic E-state index is 12.3. The van der Waals surface area contributed by atoms with Crippen molar-refractivity contribution in [2.24, 2.45) is 7.05 Å². The lowest BCUT2D eigenvalue weighted by molar-refractivity contribution is 0.0920. The number of aryl methyl sites for hydroxylation is 3. The van der Waals surface area contributed by atoms with E-state index in [1.807, 2.05) is 6.92 Å². The molecule has 0 bridgehead atoms. The summed E-state index contributed by atoms with van der Waals surface area (Å²) in [6.07, 6.45) is 2.42.